The van der Waals surface area contributed by atoms with Crippen LogP contribution in [0.1, 0.15) is 11.1 Å². The van der Waals surface area contributed by atoms with Gasteiger partial charge in [0.05, 0.1) is 0 Å². The van der Waals surface area contributed by atoms with E-state index in [4.69, 9.17) is 17.0 Å². The Morgan fingerprint density at radius 3 is 2.52 bits per heavy atom. The second-order valence-electron chi connectivity index (χ2n) is 6.68. The molecule has 0 saturated carbocycles. The Morgan fingerprint density at radius 2 is 1.72 bits per heavy atom. The van der Waals surface area contributed by atoms with E-state index < -0.39 is 11.8 Å². The molecule has 0 aliphatic carbocycles. The molecule has 1 N–H and O–H groups in total. The number of ether oxygens (including phenoxy) is 1. The van der Waals surface area contributed by atoms with Crippen molar-refractivity contribution >= 4 is 46.0 Å². The van der Waals surface area contributed by atoms with Crippen LogP contribution in [-0.2, 0) is 16.2 Å². The molecule has 3 aromatic carbocycles. The summed E-state index contributed by atoms with van der Waals surface area (Å²) in [6, 6.07) is 21.6. The molecule has 2 amide bonds. The van der Waals surface area contributed by atoms with Crippen molar-refractivity contribution in [3.05, 3.63) is 83.4 Å². The third-order valence-electron chi connectivity index (χ3n) is 4.77. The highest BCUT2D eigenvalue weighted by Gasteiger charge is 2.30. The molecular weight excluding hydrogens is 384 g/mol. The maximum absolute atomic E-state index is 12.3. The lowest BCUT2D eigenvalue weighted by atomic mass is 10.1. The standard InChI is InChI=1S/C23H18N2O3S/c1-25-22(27)20(21(26)24-23(25)29)13-15-9-11-18(12-10-15)28-14-17-7-4-6-16-5-2-3-8-19(16)17/h2-13H,14H2,1H3,(H,24,26,29)/b20-13+. The Hall–Kier alpha value is -3.51. The molecule has 1 aliphatic heterocycles. The van der Waals surface area contributed by atoms with Crippen LogP contribution in [0, 0.1) is 0 Å². The highest BCUT2D eigenvalue weighted by atomic mass is 32.1. The molecule has 0 unspecified atom stereocenters. The van der Waals surface area contributed by atoms with E-state index in [1.165, 1.54) is 22.7 Å². The Kier molecular flexibility index (Phi) is 5.10. The predicted octanol–water partition coefficient (Wildman–Crippen LogP) is 3.68. The van der Waals surface area contributed by atoms with Gasteiger partial charge in [0.2, 0.25) is 0 Å². The van der Waals surface area contributed by atoms with Gasteiger partial charge in [0.15, 0.2) is 5.11 Å². The van der Waals surface area contributed by atoms with Gasteiger partial charge in [-0.1, -0.05) is 54.6 Å². The first kappa shape index (κ1) is 18.8. The average Bonchev–Trinajstić information content (AvgIpc) is 2.74. The summed E-state index contributed by atoms with van der Waals surface area (Å²) in [7, 11) is 1.53. The second kappa shape index (κ2) is 7.85. The SMILES string of the molecule is CN1C(=O)/C(=C/c2ccc(OCc3cccc4ccccc34)cc2)C(=O)NC1=S. The molecule has 4 rings (SSSR count). The van der Waals surface area contributed by atoms with E-state index in [2.05, 4.69) is 29.6 Å². The average molecular weight is 402 g/mol. The maximum atomic E-state index is 12.3. The van der Waals surface area contributed by atoms with Gasteiger partial charge < -0.3 is 4.74 Å². The number of rotatable bonds is 4. The number of fused-ring (bicyclic) bond motifs is 1. The van der Waals surface area contributed by atoms with Crippen molar-refractivity contribution in [1.29, 1.82) is 0 Å². The van der Waals surface area contributed by atoms with Gasteiger partial charge in [0.1, 0.15) is 17.9 Å². The number of likely N-dealkylation sites (N-methyl/N-ethyl adjacent to an activating group) is 1. The molecule has 29 heavy (non-hydrogen) atoms. The van der Waals surface area contributed by atoms with E-state index in [-0.39, 0.29) is 10.7 Å². The van der Waals surface area contributed by atoms with E-state index in [9.17, 15) is 9.59 Å². The number of benzene rings is 3. The fraction of sp³-hybridized carbons (Fsp3) is 0.0870. The lowest BCUT2D eigenvalue weighted by Gasteiger charge is -2.25. The molecular formula is C23H18N2O3S. The monoisotopic (exact) mass is 402 g/mol. The van der Waals surface area contributed by atoms with Gasteiger partial charge in [-0.05, 0) is 52.3 Å². The smallest absolute Gasteiger partial charge is 0.265 e. The number of nitrogens with one attached hydrogen (secondary N) is 1. The zero-order chi connectivity index (χ0) is 20.4. The molecule has 1 fully saturated rings. The summed E-state index contributed by atoms with van der Waals surface area (Å²) >= 11 is 4.95. The normalized spacial score (nSPS) is 15.7. The maximum Gasteiger partial charge on any atom is 0.265 e. The molecule has 0 atom stereocenters. The van der Waals surface area contributed by atoms with E-state index in [0.29, 0.717) is 12.4 Å². The Labute approximate surface area is 173 Å². The van der Waals surface area contributed by atoms with Crippen LogP contribution >= 0.6 is 12.2 Å². The molecule has 5 nitrogen and oxygen atoms in total. The first-order chi connectivity index (χ1) is 14.0. The second-order valence-corrected chi connectivity index (χ2v) is 7.06. The number of hydrogen-bond donors (Lipinski definition) is 1. The van der Waals surface area contributed by atoms with Crippen LogP contribution in [0.5, 0.6) is 5.75 Å². The molecule has 0 radical (unpaired) electrons. The molecule has 3 aromatic rings. The summed E-state index contributed by atoms with van der Waals surface area (Å²) in [4.78, 5) is 25.6. The van der Waals surface area contributed by atoms with Gasteiger partial charge in [-0.2, -0.15) is 0 Å². The van der Waals surface area contributed by atoms with Crippen molar-refractivity contribution in [1.82, 2.24) is 10.2 Å². The lowest BCUT2D eigenvalue weighted by Crippen LogP contribution is -2.52. The molecule has 1 heterocycles. The van der Waals surface area contributed by atoms with E-state index in [1.807, 2.05) is 30.3 Å². The van der Waals surface area contributed by atoms with Gasteiger partial charge >= 0.3 is 0 Å². The van der Waals surface area contributed by atoms with Crippen LogP contribution in [0.4, 0.5) is 0 Å². The third kappa shape index (κ3) is 3.88. The molecule has 0 bridgehead atoms. The quantitative estimate of drug-likeness (QED) is 0.411. The number of hydrogen-bond acceptors (Lipinski definition) is 4. The Bertz CT molecular complexity index is 1150. The number of nitrogens with zero attached hydrogens (tertiary/aromatic N) is 1. The van der Waals surface area contributed by atoms with E-state index in [1.54, 1.807) is 18.2 Å². The summed E-state index contributed by atoms with van der Waals surface area (Å²) < 4.78 is 5.93. The minimum Gasteiger partial charge on any atom is -0.489 e. The fourth-order valence-corrected chi connectivity index (χ4v) is 3.33. The van der Waals surface area contributed by atoms with Gasteiger partial charge in [-0.15, -0.1) is 0 Å². The molecule has 1 aliphatic rings. The number of thiocarbonyl (C=S) groups is 1. The Morgan fingerprint density at radius 1 is 1.00 bits per heavy atom. The molecule has 0 spiro atoms. The third-order valence-corrected chi connectivity index (χ3v) is 5.15. The van der Waals surface area contributed by atoms with E-state index in [0.717, 1.165) is 11.1 Å². The van der Waals surface area contributed by atoms with Gasteiger partial charge in [0, 0.05) is 7.05 Å². The van der Waals surface area contributed by atoms with Crippen LogP contribution in [0.25, 0.3) is 16.8 Å². The van der Waals surface area contributed by atoms with Crippen molar-refractivity contribution in [3.8, 4) is 5.75 Å². The number of amides is 2. The van der Waals surface area contributed by atoms with Crippen LogP contribution in [0.3, 0.4) is 0 Å². The zero-order valence-electron chi connectivity index (χ0n) is 15.7. The van der Waals surface area contributed by atoms with Crippen LogP contribution in [0.2, 0.25) is 0 Å². The van der Waals surface area contributed by atoms with Crippen LogP contribution < -0.4 is 10.1 Å². The topological polar surface area (TPSA) is 58.6 Å². The van der Waals surface area contributed by atoms with Crippen molar-refractivity contribution in [2.24, 2.45) is 0 Å². The van der Waals surface area contributed by atoms with Crippen molar-refractivity contribution < 1.29 is 14.3 Å². The van der Waals surface area contributed by atoms with Gasteiger partial charge in [-0.3, -0.25) is 19.8 Å². The van der Waals surface area contributed by atoms with Crippen LogP contribution in [0.15, 0.2) is 72.3 Å². The summed E-state index contributed by atoms with van der Waals surface area (Å²) in [6.07, 6.45) is 1.55. The molecule has 6 heteroatoms. The molecule has 1 saturated heterocycles. The largest absolute Gasteiger partial charge is 0.489 e. The van der Waals surface area contributed by atoms with Gasteiger partial charge in [-0.25, -0.2) is 0 Å². The van der Waals surface area contributed by atoms with Crippen molar-refractivity contribution in [3.63, 3.8) is 0 Å². The minimum atomic E-state index is -0.491. The minimum absolute atomic E-state index is 0.0468. The van der Waals surface area contributed by atoms with Crippen molar-refractivity contribution in [2.45, 2.75) is 6.61 Å². The number of carbonyl (C=O) groups excluding carboxylic acids is 2. The summed E-state index contributed by atoms with van der Waals surface area (Å²) in [6.45, 7) is 0.449. The Balaban J connectivity index is 1.49. The van der Waals surface area contributed by atoms with Crippen LogP contribution in [-0.4, -0.2) is 28.9 Å². The van der Waals surface area contributed by atoms with Crippen molar-refractivity contribution in [2.75, 3.05) is 7.05 Å². The first-order valence-corrected chi connectivity index (χ1v) is 9.48. The summed E-state index contributed by atoms with van der Waals surface area (Å²) in [5.41, 5.74) is 1.88. The van der Waals surface area contributed by atoms with Gasteiger partial charge in [0.25, 0.3) is 11.8 Å². The molecule has 0 aromatic heterocycles. The highest BCUT2D eigenvalue weighted by Crippen LogP contribution is 2.22. The summed E-state index contributed by atoms with van der Waals surface area (Å²) in [5, 5.41) is 4.95. The first-order valence-electron chi connectivity index (χ1n) is 9.07. The fourth-order valence-electron chi connectivity index (χ4n) is 3.15. The molecule has 144 valence electrons. The lowest BCUT2D eigenvalue weighted by molar-refractivity contribution is -0.128. The zero-order valence-corrected chi connectivity index (χ0v) is 16.5. The summed E-state index contributed by atoms with van der Waals surface area (Å²) in [5.74, 6) is -0.206. The highest BCUT2D eigenvalue weighted by molar-refractivity contribution is 7.80. The predicted molar refractivity (Wildman–Crippen MR) is 116 cm³/mol. The number of carbonyl (C=O) groups is 2. The van der Waals surface area contributed by atoms with E-state index >= 15 is 0 Å².